The molecule has 1 heterocycles. The average molecular weight is 335 g/mol. The quantitative estimate of drug-likeness (QED) is 0.776. The number of hydrogen-bond acceptors (Lipinski definition) is 2. The summed E-state index contributed by atoms with van der Waals surface area (Å²) in [6.45, 7) is 0.331. The number of carbonyl (C=O) groups excluding carboxylic acids is 1. The number of halogens is 1. The van der Waals surface area contributed by atoms with Crippen LogP contribution < -0.4 is 5.32 Å². The lowest BCUT2D eigenvalue weighted by Gasteiger charge is -2.08. The Kier molecular flexibility index (Phi) is 4.06. The van der Waals surface area contributed by atoms with Crippen LogP contribution in [0.2, 0.25) is 0 Å². The highest BCUT2D eigenvalue weighted by Gasteiger charge is 2.43. The minimum absolute atomic E-state index is 0.0254. The van der Waals surface area contributed by atoms with Crippen LogP contribution in [0, 0.1) is 11.7 Å². The first-order chi connectivity index (χ1) is 12.2. The van der Waals surface area contributed by atoms with Gasteiger partial charge in [0.15, 0.2) is 0 Å². The van der Waals surface area contributed by atoms with Crippen molar-refractivity contribution in [3.8, 4) is 5.69 Å². The Bertz CT molecular complexity index is 877. The van der Waals surface area contributed by atoms with E-state index in [1.807, 2.05) is 24.3 Å². The predicted molar refractivity (Wildman–Crippen MR) is 92.7 cm³/mol. The number of nitrogens with zero attached hydrogens (tertiary/aromatic N) is 2. The molecule has 0 spiro atoms. The van der Waals surface area contributed by atoms with E-state index in [0.717, 1.165) is 12.0 Å². The summed E-state index contributed by atoms with van der Waals surface area (Å²) >= 11 is 0. The Morgan fingerprint density at radius 2 is 2.08 bits per heavy atom. The molecule has 0 aliphatic heterocycles. The molecule has 0 saturated heterocycles. The molecule has 2 atom stereocenters. The van der Waals surface area contributed by atoms with E-state index in [9.17, 15) is 9.18 Å². The first-order valence-electron chi connectivity index (χ1n) is 8.32. The van der Waals surface area contributed by atoms with E-state index >= 15 is 0 Å². The zero-order valence-corrected chi connectivity index (χ0v) is 13.6. The van der Waals surface area contributed by atoms with Gasteiger partial charge in [-0.15, -0.1) is 0 Å². The second kappa shape index (κ2) is 6.51. The van der Waals surface area contributed by atoms with Crippen molar-refractivity contribution in [2.45, 2.75) is 18.9 Å². The average Bonchev–Trinajstić information content (AvgIpc) is 3.27. The SMILES string of the molecule is O=C(NCc1ccc(-n2ccnc2)c(F)c1)C1CC1c1ccccc1. The molecule has 1 amide bonds. The van der Waals surface area contributed by atoms with Gasteiger partial charge in [0.05, 0.1) is 12.0 Å². The third kappa shape index (κ3) is 3.31. The Morgan fingerprint density at radius 3 is 2.80 bits per heavy atom. The number of rotatable bonds is 5. The smallest absolute Gasteiger partial charge is 0.224 e. The fourth-order valence-electron chi connectivity index (χ4n) is 3.15. The lowest BCUT2D eigenvalue weighted by molar-refractivity contribution is -0.122. The van der Waals surface area contributed by atoms with Gasteiger partial charge in [-0.05, 0) is 35.6 Å². The fraction of sp³-hybridized carbons (Fsp3) is 0.200. The first-order valence-corrected chi connectivity index (χ1v) is 8.32. The van der Waals surface area contributed by atoms with Gasteiger partial charge in [-0.2, -0.15) is 0 Å². The second-order valence-corrected chi connectivity index (χ2v) is 6.33. The van der Waals surface area contributed by atoms with Crippen molar-refractivity contribution in [2.75, 3.05) is 0 Å². The van der Waals surface area contributed by atoms with E-state index in [1.165, 1.54) is 11.6 Å². The molecule has 1 aliphatic carbocycles. The van der Waals surface area contributed by atoms with Crippen molar-refractivity contribution < 1.29 is 9.18 Å². The molecule has 1 N–H and O–H groups in total. The Labute approximate surface area is 145 Å². The van der Waals surface area contributed by atoms with Gasteiger partial charge in [0.2, 0.25) is 5.91 Å². The van der Waals surface area contributed by atoms with Crippen molar-refractivity contribution in [2.24, 2.45) is 5.92 Å². The molecule has 25 heavy (non-hydrogen) atoms. The van der Waals surface area contributed by atoms with E-state index in [0.29, 0.717) is 18.2 Å². The summed E-state index contributed by atoms with van der Waals surface area (Å²) in [4.78, 5) is 16.2. The van der Waals surface area contributed by atoms with Gasteiger partial charge in [-0.25, -0.2) is 9.37 Å². The first kappa shape index (κ1) is 15.6. The molecule has 2 aromatic carbocycles. The summed E-state index contributed by atoms with van der Waals surface area (Å²) in [5, 5.41) is 2.92. The molecular weight excluding hydrogens is 317 g/mol. The van der Waals surface area contributed by atoms with Crippen LogP contribution in [0.5, 0.6) is 0 Å². The van der Waals surface area contributed by atoms with Crippen molar-refractivity contribution in [1.82, 2.24) is 14.9 Å². The van der Waals surface area contributed by atoms with E-state index in [1.54, 1.807) is 29.4 Å². The topological polar surface area (TPSA) is 46.9 Å². The van der Waals surface area contributed by atoms with Crippen LogP contribution in [0.25, 0.3) is 5.69 Å². The summed E-state index contributed by atoms with van der Waals surface area (Å²) in [7, 11) is 0. The summed E-state index contributed by atoms with van der Waals surface area (Å²) in [5.41, 5.74) is 2.39. The lowest BCUT2D eigenvalue weighted by atomic mass is 10.1. The third-order valence-electron chi connectivity index (χ3n) is 4.62. The lowest BCUT2D eigenvalue weighted by Crippen LogP contribution is -2.25. The number of imidazole rings is 1. The highest BCUT2D eigenvalue weighted by molar-refractivity contribution is 5.82. The summed E-state index contributed by atoms with van der Waals surface area (Å²) in [6.07, 6.45) is 5.73. The van der Waals surface area contributed by atoms with Gasteiger partial charge >= 0.3 is 0 Å². The minimum atomic E-state index is -0.335. The van der Waals surface area contributed by atoms with Crippen LogP contribution in [0.1, 0.15) is 23.5 Å². The molecule has 1 saturated carbocycles. The molecule has 0 bridgehead atoms. The second-order valence-electron chi connectivity index (χ2n) is 6.33. The normalized spacial score (nSPS) is 18.8. The number of benzene rings is 2. The molecule has 1 aromatic heterocycles. The van der Waals surface area contributed by atoms with E-state index < -0.39 is 0 Å². The van der Waals surface area contributed by atoms with Gasteiger partial charge in [0.25, 0.3) is 0 Å². The zero-order chi connectivity index (χ0) is 17.2. The molecule has 0 radical (unpaired) electrons. The molecule has 4 rings (SSSR count). The summed E-state index contributed by atoms with van der Waals surface area (Å²) < 4.78 is 15.8. The minimum Gasteiger partial charge on any atom is -0.352 e. The van der Waals surface area contributed by atoms with Gasteiger partial charge < -0.3 is 9.88 Å². The predicted octanol–water partition coefficient (Wildman–Crippen LogP) is 3.43. The molecule has 1 aliphatic rings. The fourth-order valence-corrected chi connectivity index (χ4v) is 3.15. The van der Waals surface area contributed by atoms with Crippen molar-refractivity contribution in [1.29, 1.82) is 0 Å². The van der Waals surface area contributed by atoms with Crippen LogP contribution >= 0.6 is 0 Å². The number of aromatic nitrogens is 2. The standard InChI is InChI=1S/C20H18FN3O/c21-18-10-14(6-7-19(18)24-9-8-22-13-24)12-23-20(25)17-11-16(17)15-4-2-1-3-5-15/h1-10,13,16-17H,11-12H2,(H,23,25). The van der Waals surface area contributed by atoms with Crippen LogP contribution in [-0.4, -0.2) is 15.5 Å². The number of carbonyl (C=O) groups is 1. The number of amides is 1. The number of nitrogens with one attached hydrogen (secondary N) is 1. The zero-order valence-electron chi connectivity index (χ0n) is 13.6. The van der Waals surface area contributed by atoms with Gasteiger partial charge in [0, 0.05) is 24.9 Å². The van der Waals surface area contributed by atoms with Crippen LogP contribution in [-0.2, 0) is 11.3 Å². The molecule has 3 aromatic rings. The van der Waals surface area contributed by atoms with Crippen LogP contribution in [0.4, 0.5) is 4.39 Å². The van der Waals surface area contributed by atoms with Crippen molar-refractivity contribution >= 4 is 5.91 Å². The molecule has 5 heteroatoms. The van der Waals surface area contributed by atoms with E-state index in [4.69, 9.17) is 0 Å². The van der Waals surface area contributed by atoms with Crippen LogP contribution in [0.3, 0.4) is 0 Å². The third-order valence-corrected chi connectivity index (χ3v) is 4.62. The Morgan fingerprint density at radius 1 is 1.24 bits per heavy atom. The molecule has 4 nitrogen and oxygen atoms in total. The molecular formula is C20H18FN3O. The van der Waals surface area contributed by atoms with E-state index in [-0.39, 0.29) is 17.6 Å². The Balaban J connectivity index is 1.36. The van der Waals surface area contributed by atoms with Gasteiger partial charge in [0.1, 0.15) is 5.82 Å². The maximum absolute atomic E-state index is 14.2. The van der Waals surface area contributed by atoms with Gasteiger partial charge in [-0.3, -0.25) is 4.79 Å². The molecule has 126 valence electrons. The maximum Gasteiger partial charge on any atom is 0.224 e. The summed E-state index contributed by atoms with van der Waals surface area (Å²) in [6, 6.07) is 15.0. The molecule has 2 unspecified atom stereocenters. The Hall–Kier alpha value is -2.95. The highest BCUT2D eigenvalue weighted by Crippen LogP contribution is 2.47. The largest absolute Gasteiger partial charge is 0.352 e. The van der Waals surface area contributed by atoms with Crippen molar-refractivity contribution in [3.05, 3.63) is 84.2 Å². The highest BCUT2D eigenvalue weighted by atomic mass is 19.1. The summed E-state index contributed by atoms with van der Waals surface area (Å²) in [5.74, 6) is 0.0327. The van der Waals surface area contributed by atoms with E-state index in [2.05, 4.69) is 22.4 Å². The van der Waals surface area contributed by atoms with Gasteiger partial charge in [-0.1, -0.05) is 36.4 Å². The van der Waals surface area contributed by atoms with Crippen molar-refractivity contribution in [3.63, 3.8) is 0 Å². The monoisotopic (exact) mass is 335 g/mol. The maximum atomic E-state index is 14.2. The number of hydrogen-bond donors (Lipinski definition) is 1. The molecule has 1 fully saturated rings. The van der Waals surface area contributed by atoms with Crippen LogP contribution in [0.15, 0.2) is 67.3 Å².